The average Bonchev–Trinajstić information content (AvgIpc) is 3.14. The van der Waals surface area contributed by atoms with Gasteiger partial charge in [-0.25, -0.2) is 0 Å². The molecule has 12 heteroatoms. The number of unbranched alkanes of at least 4 members (excludes halogenated alkanes) is 22. The van der Waals surface area contributed by atoms with Crippen molar-refractivity contribution >= 4 is 19.8 Å². The van der Waals surface area contributed by atoms with E-state index in [-0.39, 0.29) is 49.0 Å². The SMILES string of the molecule is CCCCCCCCC=CCCCCCCCC(=O)OC[C@H](COP(=O)([O-])OCC(O)CO)OC(=O)CCCCCCCC=CCCCCCCCC.[Na+]. The monoisotopic (exact) mass is 797 g/mol. The molecule has 0 aromatic heterocycles. The third-order valence-electron chi connectivity index (χ3n) is 9.07. The maximum absolute atomic E-state index is 12.6. The molecule has 0 aliphatic heterocycles. The summed E-state index contributed by atoms with van der Waals surface area (Å²) in [6, 6.07) is 0. The van der Waals surface area contributed by atoms with E-state index in [1.54, 1.807) is 0 Å². The summed E-state index contributed by atoms with van der Waals surface area (Å²) >= 11 is 0. The quantitative estimate of drug-likeness (QED) is 0.0211. The van der Waals surface area contributed by atoms with E-state index in [1.165, 1.54) is 77.0 Å². The molecule has 0 heterocycles. The van der Waals surface area contributed by atoms with Gasteiger partial charge in [-0.2, -0.15) is 0 Å². The fraction of sp³-hybridized carbons (Fsp3) is 0.857. The first-order valence-corrected chi connectivity index (χ1v) is 22.7. The van der Waals surface area contributed by atoms with Crippen molar-refractivity contribution in [1.82, 2.24) is 0 Å². The van der Waals surface area contributed by atoms with Gasteiger partial charge in [-0.05, 0) is 64.2 Å². The van der Waals surface area contributed by atoms with Crippen molar-refractivity contribution in [1.29, 1.82) is 0 Å². The van der Waals surface area contributed by atoms with Crippen molar-refractivity contribution < 1.29 is 77.3 Å². The minimum absolute atomic E-state index is 0. The zero-order valence-corrected chi connectivity index (χ0v) is 37.6. The summed E-state index contributed by atoms with van der Waals surface area (Å²) in [6.45, 7) is 2.17. The van der Waals surface area contributed by atoms with Crippen LogP contribution in [0.25, 0.3) is 0 Å². The molecule has 0 bridgehead atoms. The van der Waals surface area contributed by atoms with Crippen LogP contribution in [-0.4, -0.2) is 60.8 Å². The first-order chi connectivity index (χ1) is 25.7. The molecular formula is C42H78NaO10P. The molecule has 10 nitrogen and oxygen atoms in total. The summed E-state index contributed by atoms with van der Waals surface area (Å²) in [5.74, 6) is -0.976. The molecular weight excluding hydrogens is 718 g/mol. The van der Waals surface area contributed by atoms with E-state index < -0.39 is 51.8 Å². The summed E-state index contributed by atoms with van der Waals surface area (Å²) in [5, 5.41) is 18.3. The van der Waals surface area contributed by atoms with E-state index in [0.29, 0.717) is 12.8 Å². The summed E-state index contributed by atoms with van der Waals surface area (Å²) in [5.41, 5.74) is 0. The van der Waals surface area contributed by atoms with Gasteiger partial charge in [0.1, 0.15) is 12.7 Å². The molecule has 0 aliphatic carbocycles. The Balaban J connectivity index is 0. The van der Waals surface area contributed by atoms with Crippen molar-refractivity contribution in [3.8, 4) is 0 Å². The van der Waals surface area contributed by atoms with Gasteiger partial charge >= 0.3 is 41.5 Å². The molecule has 312 valence electrons. The Labute approximate surface area is 351 Å². The molecule has 3 atom stereocenters. The van der Waals surface area contributed by atoms with Crippen LogP contribution >= 0.6 is 7.82 Å². The van der Waals surface area contributed by atoms with Crippen LogP contribution in [0.2, 0.25) is 0 Å². The predicted molar refractivity (Wildman–Crippen MR) is 212 cm³/mol. The van der Waals surface area contributed by atoms with Gasteiger partial charge in [0.05, 0.1) is 19.8 Å². The van der Waals surface area contributed by atoms with Crippen LogP contribution in [-0.2, 0) is 32.7 Å². The van der Waals surface area contributed by atoms with E-state index in [1.807, 2.05) is 0 Å². The Kier molecular flexibility index (Phi) is 43.3. The van der Waals surface area contributed by atoms with Crippen LogP contribution in [0.4, 0.5) is 0 Å². The van der Waals surface area contributed by atoms with Gasteiger partial charge in [0.25, 0.3) is 7.82 Å². The Morgan fingerprint density at radius 3 is 1.37 bits per heavy atom. The van der Waals surface area contributed by atoms with Crippen LogP contribution in [0.5, 0.6) is 0 Å². The summed E-state index contributed by atoms with van der Waals surface area (Å²) in [7, 11) is -4.87. The van der Waals surface area contributed by atoms with Crippen molar-refractivity contribution in [2.24, 2.45) is 0 Å². The Morgan fingerprint density at radius 2 is 0.944 bits per heavy atom. The standard InChI is InChI=1S/C42H79O10P.Na/c1-3-5-7-9-11-13-15-17-19-21-23-25-27-29-31-33-41(45)49-37-40(38-51-53(47,48)50-36-39(44)35-43)52-42(46)34-32-30-28-26-24-22-20-18-16-14-12-10-8-6-4-2;/h17-20,39-40,43-44H,3-16,21-38H2,1-2H3,(H,47,48);/q;+1/p-1/t39?,40-;/m1./s1. The van der Waals surface area contributed by atoms with Gasteiger partial charge in [0, 0.05) is 12.8 Å². The van der Waals surface area contributed by atoms with Gasteiger partial charge in [-0.1, -0.05) is 141 Å². The molecule has 0 fully saturated rings. The molecule has 0 aromatic rings. The summed E-state index contributed by atoms with van der Waals surface area (Å²) in [6.07, 6.45) is 36.9. The van der Waals surface area contributed by atoms with E-state index >= 15 is 0 Å². The molecule has 0 amide bonds. The number of hydrogen-bond acceptors (Lipinski definition) is 10. The zero-order valence-electron chi connectivity index (χ0n) is 34.7. The number of aliphatic hydroxyl groups is 2. The van der Waals surface area contributed by atoms with E-state index in [0.717, 1.165) is 77.0 Å². The fourth-order valence-electron chi connectivity index (χ4n) is 5.74. The molecule has 0 saturated heterocycles. The van der Waals surface area contributed by atoms with Crippen LogP contribution in [0.15, 0.2) is 24.3 Å². The maximum atomic E-state index is 12.6. The van der Waals surface area contributed by atoms with Gasteiger partial charge in [-0.15, -0.1) is 0 Å². The molecule has 2 unspecified atom stereocenters. The normalized spacial score (nSPS) is 13.9. The van der Waals surface area contributed by atoms with Crippen molar-refractivity contribution in [3.05, 3.63) is 24.3 Å². The Hall–Kier alpha value is -0.550. The molecule has 0 aromatic carbocycles. The summed E-state index contributed by atoms with van der Waals surface area (Å²) < 4.78 is 32.3. The number of esters is 2. The molecule has 54 heavy (non-hydrogen) atoms. The number of carbonyl (C=O) groups is 2. The van der Waals surface area contributed by atoms with E-state index in [4.69, 9.17) is 19.1 Å². The van der Waals surface area contributed by atoms with Crippen LogP contribution in [0.3, 0.4) is 0 Å². The number of rotatable bonds is 40. The number of hydrogen-bond donors (Lipinski definition) is 2. The molecule has 2 N–H and O–H groups in total. The van der Waals surface area contributed by atoms with Crippen molar-refractivity contribution in [2.45, 2.75) is 206 Å². The molecule has 0 spiro atoms. The number of phosphoric ester groups is 1. The van der Waals surface area contributed by atoms with E-state index in [2.05, 4.69) is 42.7 Å². The average molecular weight is 797 g/mol. The number of phosphoric acid groups is 1. The number of aliphatic hydroxyl groups excluding tert-OH is 2. The van der Waals surface area contributed by atoms with Crippen LogP contribution in [0.1, 0.15) is 194 Å². The van der Waals surface area contributed by atoms with Crippen molar-refractivity contribution in [2.75, 3.05) is 26.4 Å². The minimum atomic E-state index is -4.87. The molecule has 0 rings (SSSR count). The second kappa shape index (κ2) is 42.1. The number of carbonyl (C=O) groups excluding carboxylic acids is 2. The predicted octanol–water partition coefficient (Wildman–Crippen LogP) is 7.38. The Morgan fingerprint density at radius 1 is 0.574 bits per heavy atom. The van der Waals surface area contributed by atoms with Crippen LogP contribution in [0, 0.1) is 0 Å². The fourth-order valence-corrected chi connectivity index (χ4v) is 6.52. The second-order valence-corrected chi connectivity index (χ2v) is 15.7. The third kappa shape index (κ3) is 41.1. The smallest absolute Gasteiger partial charge is 0.756 e. The number of allylic oxidation sites excluding steroid dienone is 4. The first kappa shape index (κ1) is 55.5. The molecule has 0 radical (unpaired) electrons. The second-order valence-electron chi connectivity index (χ2n) is 14.3. The third-order valence-corrected chi connectivity index (χ3v) is 10.00. The Bertz CT molecular complexity index is 948. The van der Waals surface area contributed by atoms with E-state index in [9.17, 15) is 24.2 Å². The summed E-state index contributed by atoms with van der Waals surface area (Å²) in [4.78, 5) is 37.1. The largest absolute Gasteiger partial charge is 1.00 e. The van der Waals surface area contributed by atoms with Gasteiger partial charge < -0.3 is 33.6 Å². The van der Waals surface area contributed by atoms with Crippen molar-refractivity contribution in [3.63, 3.8) is 0 Å². The van der Waals surface area contributed by atoms with Gasteiger partial charge in [0.2, 0.25) is 0 Å². The van der Waals surface area contributed by atoms with Crippen LogP contribution < -0.4 is 34.5 Å². The molecule has 0 saturated carbocycles. The van der Waals surface area contributed by atoms with Gasteiger partial charge in [-0.3, -0.25) is 14.2 Å². The first-order valence-electron chi connectivity index (χ1n) is 21.3. The zero-order chi connectivity index (χ0) is 39.1. The number of ether oxygens (including phenoxy) is 2. The topological polar surface area (TPSA) is 152 Å². The maximum Gasteiger partial charge on any atom is 1.00 e. The van der Waals surface area contributed by atoms with Gasteiger partial charge in [0.15, 0.2) is 6.10 Å². The molecule has 0 aliphatic rings. The minimum Gasteiger partial charge on any atom is -0.756 e.